The van der Waals surface area contributed by atoms with E-state index in [1.165, 1.54) is 38.8 Å². The van der Waals surface area contributed by atoms with Crippen LogP contribution in [0.2, 0.25) is 0 Å². The molecule has 0 amide bonds. The van der Waals surface area contributed by atoms with Crippen molar-refractivity contribution in [1.82, 2.24) is 10.2 Å². The summed E-state index contributed by atoms with van der Waals surface area (Å²) in [5, 5.41) is 3.68. The third kappa shape index (κ3) is 3.95. The minimum Gasteiger partial charge on any atom is -0.313 e. The Hall–Kier alpha value is -0.0800. The van der Waals surface area contributed by atoms with Crippen molar-refractivity contribution in [1.29, 1.82) is 0 Å². The lowest BCUT2D eigenvalue weighted by Crippen LogP contribution is -2.45. The molecule has 5 atom stereocenters. The Balaban J connectivity index is 1.77. The van der Waals surface area contributed by atoms with E-state index in [2.05, 4.69) is 38.0 Å². The number of hydrogen-bond acceptors (Lipinski definition) is 2. The molecule has 2 aliphatic rings. The molecule has 0 heterocycles. The Kier molecular flexibility index (Phi) is 5.70. The van der Waals surface area contributed by atoms with E-state index < -0.39 is 0 Å². The maximum Gasteiger partial charge on any atom is 0.0220 e. The second-order valence-corrected chi connectivity index (χ2v) is 7.21. The third-order valence-corrected chi connectivity index (χ3v) is 5.74. The van der Waals surface area contributed by atoms with Gasteiger partial charge in [-0.3, -0.25) is 0 Å². The van der Waals surface area contributed by atoms with Gasteiger partial charge in [0.15, 0.2) is 0 Å². The topological polar surface area (TPSA) is 15.3 Å². The first-order valence-electron chi connectivity index (χ1n) is 8.55. The molecule has 19 heavy (non-hydrogen) atoms. The number of rotatable bonds is 8. The zero-order chi connectivity index (χ0) is 13.8. The summed E-state index contributed by atoms with van der Waals surface area (Å²) in [6.45, 7) is 10.6. The first-order chi connectivity index (χ1) is 9.13. The van der Waals surface area contributed by atoms with Crippen LogP contribution < -0.4 is 5.32 Å². The first-order valence-corrected chi connectivity index (χ1v) is 8.55. The van der Waals surface area contributed by atoms with Crippen LogP contribution in [0.3, 0.4) is 0 Å². The molecule has 2 heteroatoms. The molecule has 0 aliphatic heterocycles. The summed E-state index contributed by atoms with van der Waals surface area (Å²) in [6.07, 6.45) is 7.38. The highest BCUT2D eigenvalue weighted by Gasteiger charge is 2.39. The van der Waals surface area contributed by atoms with Gasteiger partial charge < -0.3 is 10.2 Å². The van der Waals surface area contributed by atoms with E-state index in [1.54, 1.807) is 6.42 Å². The van der Waals surface area contributed by atoms with Crippen molar-refractivity contribution in [3.63, 3.8) is 0 Å². The van der Waals surface area contributed by atoms with Crippen molar-refractivity contribution >= 4 is 0 Å². The molecule has 2 rings (SSSR count). The SMILES string of the molecule is CCNC(CN(C)CC1CC2CCC1C2)C(C)CC. The van der Waals surface area contributed by atoms with Crippen LogP contribution in [-0.4, -0.2) is 37.6 Å². The summed E-state index contributed by atoms with van der Waals surface area (Å²) in [6, 6.07) is 0.665. The summed E-state index contributed by atoms with van der Waals surface area (Å²) in [5.74, 6) is 3.93. The molecule has 0 radical (unpaired) electrons. The molecule has 2 fully saturated rings. The molecule has 1 N–H and O–H groups in total. The Morgan fingerprint density at radius 3 is 2.53 bits per heavy atom. The first kappa shape index (κ1) is 15.3. The van der Waals surface area contributed by atoms with Crippen LogP contribution >= 0.6 is 0 Å². The molecule has 112 valence electrons. The normalized spacial score (nSPS) is 33.0. The van der Waals surface area contributed by atoms with Gasteiger partial charge in [0.1, 0.15) is 0 Å². The molecule has 2 aliphatic carbocycles. The van der Waals surface area contributed by atoms with Crippen LogP contribution in [0.5, 0.6) is 0 Å². The van der Waals surface area contributed by atoms with E-state index >= 15 is 0 Å². The Morgan fingerprint density at radius 2 is 2.00 bits per heavy atom. The van der Waals surface area contributed by atoms with Gasteiger partial charge in [0.25, 0.3) is 0 Å². The number of nitrogens with zero attached hydrogens (tertiary/aromatic N) is 1. The van der Waals surface area contributed by atoms with Crippen molar-refractivity contribution in [3.05, 3.63) is 0 Å². The fourth-order valence-corrected chi connectivity index (χ4v) is 4.40. The smallest absolute Gasteiger partial charge is 0.0220 e. The second kappa shape index (κ2) is 7.08. The van der Waals surface area contributed by atoms with Gasteiger partial charge in [-0.05, 0) is 56.5 Å². The molecule has 2 bridgehead atoms. The second-order valence-electron chi connectivity index (χ2n) is 7.21. The highest BCUT2D eigenvalue weighted by Crippen LogP contribution is 2.48. The Bertz CT molecular complexity index is 266. The van der Waals surface area contributed by atoms with Gasteiger partial charge in [-0.15, -0.1) is 0 Å². The van der Waals surface area contributed by atoms with Gasteiger partial charge >= 0.3 is 0 Å². The van der Waals surface area contributed by atoms with E-state index in [4.69, 9.17) is 0 Å². The van der Waals surface area contributed by atoms with Gasteiger partial charge in [-0.1, -0.05) is 33.6 Å². The predicted molar refractivity (Wildman–Crippen MR) is 83.4 cm³/mol. The highest BCUT2D eigenvalue weighted by molar-refractivity contribution is 4.91. The quantitative estimate of drug-likeness (QED) is 0.724. The van der Waals surface area contributed by atoms with E-state index in [1.807, 2.05) is 0 Å². The molecular formula is C17H34N2. The zero-order valence-corrected chi connectivity index (χ0v) is 13.5. The van der Waals surface area contributed by atoms with Crippen LogP contribution in [0.4, 0.5) is 0 Å². The summed E-state index contributed by atoms with van der Waals surface area (Å²) >= 11 is 0. The van der Waals surface area contributed by atoms with Crippen molar-refractivity contribution in [2.45, 2.75) is 58.9 Å². The molecule has 0 aromatic heterocycles. The number of likely N-dealkylation sites (N-methyl/N-ethyl adjacent to an activating group) is 2. The van der Waals surface area contributed by atoms with Crippen LogP contribution in [0, 0.1) is 23.7 Å². The van der Waals surface area contributed by atoms with Crippen LogP contribution in [0.15, 0.2) is 0 Å². The zero-order valence-electron chi connectivity index (χ0n) is 13.5. The predicted octanol–water partition coefficient (Wildman–Crippen LogP) is 3.38. The van der Waals surface area contributed by atoms with Gasteiger partial charge in [-0.25, -0.2) is 0 Å². The molecule has 5 unspecified atom stereocenters. The van der Waals surface area contributed by atoms with E-state index in [0.29, 0.717) is 6.04 Å². The molecular weight excluding hydrogens is 232 g/mol. The molecule has 0 saturated heterocycles. The molecule has 0 aromatic rings. The fraction of sp³-hybridized carbons (Fsp3) is 1.00. The number of hydrogen-bond donors (Lipinski definition) is 1. The maximum atomic E-state index is 3.68. The van der Waals surface area contributed by atoms with E-state index in [9.17, 15) is 0 Å². The lowest BCUT2D eigenvalue weighted by atomic mass is 9.88. The van der Waals surface area contributed by atoms with Crippen LogP contribution in [0.1, 0.15) is 52.9 Å². The molecule has 2 saturated carbocycles. The summed E-state index contributed by atoms with van der Waals surface area (Å²) in [4.78, 5) is 2.60. The van der Waals surface area contributed by atoms with Gasteiger partial charge in [0, 0.05) is 19.1 Å². The highest BCUT2D eigenvalue weighted by atomic mass is 15.1. The minimum atomic E-state index is 0.665. The van der Waals surface area contributed by atoms with Crippen LogP contribution in [-0.2, 0) is 0 Å². The van der Waals surface area contributed by atoms with Crippen molar-refractivity contribution in [2.24, 2.45) is 23.7 Å². The van der Waals surface area contributed by atoms with E-state index in [0.717, 1.165) is 30.2 Å². The van der Waals surface area contributed by atoms with Crippen LogP contribution in [0.25, 0.3) is 0 Å². The Labute approximate surface area is 120 Å². The average Bonchev–Trinajstić information content (AvgIpc) is 2.99. The van der Waals surface area contributed by atoms with Gasteiger partial charge in [-0.2, -0.15) is 0 Å². The molecule has 0 aromatic carbocycles. The Morgan fingerprint density at radius 1 is 1.21 bits per heavy atom. The van der Waals surface area contributed by atoms with Crippen molar-refractivity contribution < 1.29 is 0 Å². The third-order valence-electron chi connectivity index (χ3n) is 5.74. The van der Waals surface area contributed by atoms with Crippen molar-refractivity contribution in [2.75, 3.05) is 26.7 Å². The summed E-state index contributed by atoms with van der Waals surface area (Å²) in [5.41, 5.74) is 0. The fourth-order valence-electron chi connectivity index (χ4n) is 4.40. The number of nitrogens with one attached hydrogen (secondary N) is 1. The van der Waals surface area contributed by atoms with Gasteiger partial charge in [0.2, 0.25) is 0 Å². The van der Waals surface area contributed by atoms with E-state index in [-0.39, 0.29) is 0 Å². The maximum absolute atomic E-state index is 3.68. The summed E-state index contributed by atoms with van der Waals surface area (Å²) < 4.78 is 0. The lowest BCUT2D eigenvalue weighted by Gasteiger charge is -2.32. The van der Waals surface area contributed by atoms with Gasteiger partial charge in [0.05, 0.1) is 0 Å². The largest absolute Gasteiger partial charge is 0.313 e. The standard InChI is InChI=1S/C17H34N2/c1-5-13(3)17(18-6-2)12-19(4)11-16-10-14-7-8-15(16)9-14/h13-18H,5-12H2,1-4H3. The van der Waals surface area contributed by atoms with Crippen molar-refractivity contribution in [3.8, 4) is 0 Å². The lowest BCUT2D eigenvalue weighted by molar-refractivity contribution is 0.187. The average molecular weight is 266 g/mol. The number of fused-ring (bicyclic) bond motifs is 2. The molecule has 2 nitrogen and oxygen atoms in total. The summed E-state index contributed by atoms with van der Waals surface area (Å²) in [7, 11) is 2.33. The molecule has 0 spiro atoms. The minimum absolute atomic E-state index is 0.665. The monoisotopic (exact) mass is 266 g/mol.